The van der Waals surface area contributed by atoms with Crippen molar-refractivity contribution in [2.45, 2.75) is 11.1 Å². The van der Waals surface area contributed by atoms with Crippen LogP contribution in [0, 0.1) is 0 Å². The molecule has 4 heteroatoms. The average molecular weight is 178 g/mol. The normalized spacial score (nSPS) is 12.6. The Morgan fingerprint density at radius 2 is 2.38 bits per heavy atom. The number of hydrogen-bond acceptors (Lipinski definition) is 2. The van der Waals surface area contributed by atoms with E-state index in [0.29, 0.717) is 6.29 Å². The number of aliphatic carboxylic acids is 1. The first kappa shape index (κ1) is 7.70. The summed E-state index contributed by atoms with van der Waals surface area (Å²) in [6.45, 7) is 0. The minimum atomic E-state index is -0.892. The molecule has 0 aliphatic carbocycles. The fraction of sp³-hybridized carbons (Fsp3) is 0.500. The first-order chi connectivity index (χ1) is 3.68. The van der Waals surface area contributed by atoms with Gasteiger partial charge >= 0.3 is 54.9 Å². The van der Waals surface area contributed by atoms with Crippen LogP contribution in [0.1, 0.15) is 6.42 Å². The van der Waals surface area contributed by atoms with Gasteiger partial charge in [0.25, 0.3) is 0 Å². The van der Waals surface area contributed by atoms with Gasteiger partial charge in [0.2, 0.25) is 0 Å². The minimum absolute atomic E-state index is 0.134. The van der Waals surface area contributed by atoms with Crippen LogP contribution in [0.15, 0.2) is 0 Å². The summed E-state index contributed by atoms with van der Waals surface area (Å²) in [5.41, 5.74) is 0. The molecular weight excluding hydrogens is 171 g/mol. The fourth-order valence-electron chi connectivity index (χ4n) is 0.204. The molecule has 3 nitrogen and oxygen atoms in total. The summed E-state index contributed by atoms with van der Waals surface area (Å²) < 4.78 is -0.472. The van der Waals surface area contributed by atoms with Crippen LogP contribution in [-0.2, 0) is 9.59 Å². The van der Waals surface area contributed by atoms with E-state index in [1.807, 2.05) is 0 Å². The molecule has 0 rings (SSSR count). The van der Waals surface area contributed by atoms with Crippen LogP contribution in [0.5, 0.6) is 0 Å². The molecule has 46 valence electrons. The number of hydrogen-bond donors (Lipinski definition) is 1. The molecule has 0 aromatic carbocycles. The van der Waals surface area contributed by atoms with Gasteiger partial charge in [-0.2, -0.15) is 0 Å². The summed E-state index contributed by atoms with van der Waals surface area (Å²) in [5.74, 6) is -0.892. The molecule has 0 aromatic rings. The Morgan fingerprint density at radius 1 is 1.88 bits per heavy atom. The van der Waals surface area contributed by atoms with Gasteiger partial charge in [0.05, 0.1) is 0 Å². The number of carboxylic acid groups (broad SMARTS) is 1. The second kappa shape index (κ2) is 3.67. The van der Waals surface area contributed by atoms with Gasteiger partial charge in [0, 0.05) is 0 Å². The molecule has 0 heterocycles. The average Bonchev–Trinajstić information content (AvgIpc) is 1.67. The Kier molecular flexibility index (Phi) is 3.53. The van der Waals surface area contributed by atoms with Gasteiger partial charge in [0.1, 0.15) is 0 Å². The zero-order chi connectivity index (χ0) is 6.57. The van der Waals surface area contributed by atoms with Crippen molar-refractivity contribution in [3.63, 3.8) is 0 Å². The second-order valence-electron chi connectivity index (χ2n) is 1.35. The number of rotatable bonds is 3. The van der Waals surface area contributed by atoms with Crippen molar-refractivity contribution in [3.05, 3.63) is 0 Å². The number of carboxylic acids is 1. The van der Waals surface area contributed by atoms with Crippen molar-refractivity contribution in [2.24, 2.45) is 0 Å². The number of carbonyl (C=O) groups is 2. The van der Waals surface area contributed by atoms with Crippen LogP contribution < -0.4 is 0 Å². The van der Waals surface area contributed by atoms with Crippen LogP contribution in [-0.4, -0.2) is 34.2 Å². The Labute approximate surface area is 55.6 Å². The van der Waals surface area contributed by atoms with Crippen molar-refractivity contribution >= 4 is 29.1 Å². The molecule has 0 spiro atoms. The Bertz CT molecular complexity index is 101. The van der Waals surface area contributed by atoms with Crippen LogP contribution in [0.3, 0.4) is 0 Å². The van der Waals surface area contributed by atoms with Gasteiger partial charge in [0.15, 0.2) is 0 Å². The van der Waals surface area contributed by atoms with Crippen LogP contribution in [0.2, 0.25) is 4.71 Å². The van der Waals surface area contributed by atoms with Crippen LogP contribution in [0.4, 0.5) is 0 Å². The van der Waals surface area contributed by atoms with Gasteiger partial charge in [-0.15, -0.1) is 0 Å². The molecule has 0 bridgehead atoms. The molecule has 0 fully saturated rings. The molecule has 2 atom stereocenters. The van der Waals surface area contributed by atoms with E-state index >= 15 is 0 Å². The zero-order valence-corrected chi connectivity index (χ0v) is 6.63. The van der Waals surface area contributed by atoms with Crippen LogP contribution in [0.25, 0.3) is 0 Å². The molecular formula is C4H7AsO3. The van der Waals surface area contributed by atoms with E-state index in [-0.39, 0.29) is 6.42 Å². The van der Waals surface area contributed by atoms with Gasteiger partial charge < -0.3 is 0 Å². The third-order valence-corrected chi connectivity index (χ3v) is 1.84. The fourth-order valence-corrected chi connectivity index (χ4v) is 0.438. The van der Waals surface area contributed by atoms with E-state index in [1.54, 1.807) is 0 Å². The zero-order valence-electron chi connectivity index (χ0n) is 4.20. The summed E-state index contributed by atoms with van der Waals surface area (Å²) in [4.78, 5) is 19.6. The predicted molar refractivity (Wildman–Crippen MR) is 30.6 cm³/mol. The van der Waals surface area contributed by atoms with E-state index < -0.39 is 10.7 Å². The molecule has 0 aliphatic rings. The Balaban J connectivity index is 3.46. The summed E-state index contributed by atoms with van der Waals surface area (Å²) in [6.07, 6.45) is 0.760. The van der Waals surface area contributed by atoms with E-state index in [2.05, 4.69) is 0 Å². The standard InChI is InChI=1S/C4H7AsO3/c5-3(1-2-6)4(7)8/h2-3H,1,5H2,(H,7,8). The first-order valence-corrected chi connectivity index (χ1v) is 3.50. The molecule has 0 saturated heterocycles. The third kappa shape index (κ3) is 2.80. The molecule has 0 saturated carbocycles. The molecule has 1 N–H and O–H groups in total. The molecule has 0 radical (unpaired) electrons. The predicted octanol–water partition coefficient (Wildman–Crippen LogP) is -0.918. The van der Waals surface area contributed by atoms with Gasteiger partial charge in [-0.1, -0.05) is 0 Å². The molecule has 2 unspecified atom stereocenters. The van der Waals surface area contributed by atoms with Crippen LogP contribution >= 0.6 is 0 Å². The summed E-state index contributed by atoms with van der Waals surface area (Å²) >= 11 is 1.07. The van der Waals surface area contributed by atoms with Gasteiger partial charge in [-0.05, 0) is 0 Å². The molecule has 0 amide bonds. The Morgan fingerprint density at radius 3 is 2.50 bits per heavy atom. The Hall–Kier alpha value is -0.302. The van der Waals surface area contributed by atoms with E-state index in [4.69, 9.17) is 5.11 Å². The monoisotopic (exact) mass is 178 g/mol. The van der Waals surface area contributed by atoms with Crippen molar-refractivity contribution in [3.8, 4) is 0 Å². The number of carbonyl (C=O) groups excluding carboxylic acids is 1. The van der Waals surface area contributed by atoms with Crippen molar-refractivity contribution in [2.75, 3.05) is 0 Å². The summed E-state index contributed by atoms with van der Waals surface area (Å²) in [7, 11) is 0. The van der Waals surface area contributed by atoms with E-state index in [9.17, 15) is 9.59 Å². The van der Waals surface area contributed by atoms with Gasteiger partial charge in [-0.3, -0.25) is 0 Å². The maximum absolute atomic E-state index is 9.95. The quantitative estimate of drug-likeness (QED) is 0.449. The van der Waals surface area contributed by atoms with Crippen molar-refractivity contribution in [1.82, 2.24) is 0 Å². The number of aldehydes is 1. The maximum atomic E-state index is 9.95. The van der Waals surface area contributed by atoms with Crippen molar-refractivity contribution < 1.29 is 14.7 Å². The topological polar surface area (TPSA) is 54.4 Å². The van der Waals surface area contributed by atoms with E-state index in [0.717, 1.165) is 16.9 Å². The summed E-state index contributed by atoms with van der Waals surface area (Å²) in [5, 5.41) is 8.17. The SMILES string of the molecule is O=CCC([AsH2])C(=O)O. The van der Waals surface area contributed by atoms with Crippen molar-refractivity contribution in [1.29, 1.82) is 0 Å². The second-order valence-corrected chi connectivity index (χ2v) is 3.04. The van der Waals surface area contributed by atoms with Gasteiger partial charge in [-0.25, -0.2) is 0 Å². The van der Waals surface area contributed by atoms with E-state index in [1.165, 1.54) is 0 Å². The summed E-state index contributed by atoms with van der Waals surface area (Å²) in [6, 6.07) is 0. The first-order valence-electron chi connectivity index (χ1n) is 2.10. The third-order valence-electron chi connectivity index (χ3n) is 0.667. The molecule has 0 aromatic heterocycles. The molecule has 0 aliphatic heterocycles. The molecule has 8 heavy (non-hydrogen) atoms.